The average Bonchev–Trinajstić information content (AvgIpc) is 2.49. The van der Waals surface area contributed by atoms with E-state index in [1.165, 1.54) is 0 Å². The second-order valence-electron chi connectivity index (χ2n) is 5.23. The lowest BCUT2D eigenvalue weighted by atomic mass is 10.2. The number of hydrogen-bond donors (Lipinski definition) is 3. The van der Waals surface area contributed by atoms with Crippen LogP contribution in [0.2, 0.25) is 10.0 Å². The van der Waals surface area contributed by atoms with Crippen LogP contribution < -0.4 is 16.0 Å². The fourth-order valence-corrected chi connectivity index (χ4v) is 2.70. The van der Waals surface area contributed by atoms with Crippen LogP contribution in [0.1, 0.15) is 32.6 Å². The van der Waals surface area contributed by atoms with Gasteiger partial charge in [-0.1, -0.05) is 77.8 Å². The van der Waals surface area contributed by atoms with Crippen molar-refractivity contribution in [3.8, 4) is 0 Å². The van der Waals surface area contributed by atoms with Crippen LogP contribution in [0.15, 0.2) is 18.2 Å². The highest BCUT2D eigenvalue weighted by Crippen LogP contribution is 2.29. The van der Waals surface area contributed by atoms with Gasteiger partial charge in [-0.2, -0.15) is 0 Å². The van der Waals surface area contributed by atoms with Crippen molar-refractivity contribution in [3.05, 3.63) is 28.2 Å². The molecule has 0 heterocycles. The highest BCUT2D eigenvalue weighted by Gasteiger charge is 2.34. The van der Waals surface area contributed by atoms with Gasteiger partial charge < -0.3 is 16.0 Å². The first-order valence-corrected chi connectivity index (χ1v) is 9.82. The number of thiocarbonyl (C=S) groups is 1. The summed E-state index contributed by atoms with van der Waals surface area (Å²) in [5.74, 6) is -0.227. The van der Waals surface area contributed by atoms with Crippen molar-refractivity contribution in [2.75, 3.05) is 5.32 Å². The first-order valence-electron chi connectivity index (χ1n) is 7.52. The Morgan fingerprint density at radius 3 is 2.40 bits per heavy atom. The van der Waals surface area contributed by atoms with Crippen LogP contribution in [0.25, 0.3) is 0 Å². The van der Waals surface area contributed by atoms with Crippen molar-refractivity contribution in [1.82, 2.24) is 10.6 Å². The van der Waals surface area contributed by atoms with Crippen molar-refractivity contribution in [2.24, 2.45) is 0 Å². The van der Waals surface area contributed by atoms with Crippen molar-refractivity contribution in [3.63, 3.8) is 0 Å². The van der Waals surface area contributed by atoms with Gasteiger partial charge in [-0.05, 0) is 36.8 Å². The number of halogens is 5. The molecular formula is C15H18Cl5N3OS. The Bertz CT molecular complexity index is 609. The monoisotopic (exact) mass is 463 g/mol. The highest BCUT2D eigenvalue weighted by atomic mass is 35.6. The summed E-state index contributed by atoms with van der Waals surface area (Å²) >= 11 is 34.8. The molecule has 1 aromatic carbocycles. The smallest absolute Gasteiger partial charge is 0.228 e. The summed E-state index contributed by atoms with van der Waals surface area (Å²) in [6, 6.07) is 4.91. The molecular weight excluding hydrogens is 448 g/mol. The molecule has 0 unspecified atom stereocenters. The van der Waals surface area contributed by atoms with Gasteiger partial charge in [0.2, 0.25) is 9.70 Å². The van der Waals surface area contributed by atoms with Crippen LogP contribution in [-0.4, -0.2) is 21.0 Å². The minimum Gasteiger partial charge on any atom is -0.339 e. The number of benzene rings is 1. The molecule has 140 valence electrons. The van der Waals surface area contributed by atoms with Gasteiger partial charge in [-0.3, -0.25) is 4.79 Å². The Balaban J connectivity index is 2.66. The number of carbonyl (C=O) groups is 1. The zero-order valence-corrected chi connectivity index (χ0v) is 17.9. The van der Waals surface area contributed by atoms with E-state index in [0.29, 0.717) is 22.2 Å². The molecule has 0 aliphatic heterocycles. The summed E-state index contributed by atoms with van der Waals surface area (Å²) in [5.41, 5.74) is 0.601. The third-order valence-corrected chi connectivity index (χ3v) is 4.71. The van der Waals surface area contributed by atoms with Crippen molar-refractivity contribution >= 4 is 86.9 Å². The molecule has 0 radical (unpaired) electrons. The van der Waals surface area contributed by atoms with E-state index in [2.05, 4.69) is 22.9 Å². The van der Waals surface area contributed by atoms with E-state index < -0.39 is 9.96 Å². The Kier molecular flexibility index (Phi) is 9.93. The number of anilines is 1. The molecule has 3 N–H and O–H groups in total. The normalized spacial score (nSPS) is 12.4. The second-order valence-corrected chi connectivity index (χ2v) is 8.82. The molecule has 1 atom stereocenters. The lowest BCUT2D eigenvalue weighted by molar-refractivity contribution is -0.122. The standard InChI is InChI=1S/C15H18Cl5N3OS/c1-2-3-4-5-12(24)22-13(15(18,19)20)23-14(25)21-9-6-7-10(16)11(17)8-9/h6-8,13H,2-5H2,1H3,(H,22,24)(H2,21,23,25)/t13-/m1/s1. The summed E-state index contributed by atoms with van der Waals surface area (Å²) in [6.45, 7) is 2.05. The number of alkyl halides is 3. The van der Waals surface area contributed by atoms with Crippen molar-refractivity contribution < 1.29 is 4.79 Å². The number of nitrogens with one attached hydrogen (secondary N) is 3. The summed E-state index contributed by atoms with van der Waals surface area (Å²) < 4.78 is -1.79. The predicted octanol–water partition coefficient (Wildman–Crippen LogP) is 5.67. The zero-order chi connectivity index (χ0) is 19.0. The molecule has 25 heavy (non-hydrogen) atoms. The molecule has 0 fully saturated rings. The van der Waals surface area contributed by atoms with E-state index in [9.17, 15) is 4.79 Å². The van der Waals surface area contributed by atoms with Gasteiger partial charge in [0, 0.05) is 12.1 Å². The molecule has 0 saturated carbocycles. The van der Waals surface area contributed by atoms with Crippen LogP contribution in [0.4, 0.5) is 5.69 Å². The Hall–Kier alpha value is -0.170. The SMILES string of the molecule is CCCCCC(=O)N[C@H](NC(=S)Nc1ccc(Cl)c(Cl)c1)C(Cl)(Cl)Cl. The molecule has 1 amide bonds. The van der Waals surface area contributed by atoms with Gasteiger partial charge in [-0.25, -0.2) is 0 Å². The number of carbonyl (C=O) groups excluding carboxylic acids is 1. The number of amides is 1. The summed E-state index contributed by atoms with van der Waals surface area (Å²) in [4.78, 5) is 12.0. The van der Waals surface area contributed by atoms with E-state index in [1.807, 2.05) is 0 Å². The Labute approximate surface area is 177 Å². The fraction of sp³-hybridized carbons (Fsp3) is 0.467. The molecule has 1 rings (SSSR count). The maximum Gasteiger partial charge on any atom is 0.228 e. The third kappa shape index (κ3) is 8.85. The molecule has 0 aliphatic carbocycles. The van der Waals surface area contributed by atoms with Crippen LogP contribution in [-0.2, 0) is 4.79 Å². The van der Waals surface area contributed by atoms with E-state index in [1.54, 1.807) is 18.2 Å². The van der Waals surface area contributed by atoms with Crippen molar-refractivity contribution in [1.29, 1.82) is 0 Å². The minimum absolute atomic E-state index is 0.156. The maximum atomic E-state index is 12.0. The molecule has 0 spiro atoms. The van der Waals surface area contributed by atoms with Gasteiger partial charge in [0.25, 0.3) is 0 Å². The molecule has 0 saturated heterocycles. The minimum atomic E-state index is -1.79. The molecule has 4 nitrogen and oxygen atoms in total. The van der Waals surface area contributed by atoms with E-state index >= 15 is 0 Å². The van der Waals surface area contributed by atoms with Gasteiger partial charge in [0.15, 0.2) is 5.11 Å². The number of rotatable bonds is 7. The quantitative estimate of drug-likeness (QED) is 0.210. The first-order chi connectivity index (χ1) is 11.6. The zero-order valence-electron chi connectivity index (χ0n) is 13.3. The van der Waals surface area contributed by atoms with Gasteiger partial charge in [0.1, 0.15) is 6.17 Å². The summed E-state index contributed by atoms with van der Waals surface area (Å²) in [7, 11) is 0. The Morgan fingerprint density at radius 1 is 1.16 bits per heavy atom. The molecule has 0 bridgehead atoms. The molecule has 10 heteroatoms. The van der Waals surface area contributed by atoms with Crippen molar-refractivity contribution in [2.45, 2.75) is 42.6 Å². The third-order valence-electron chi connectivity index (χ3n) is 3.09. The van der Waals surface area contributed by atoms with E-state index in [0.717, 1.165) is 19.3 Å². The van der Waals surface area contributed by atoms with Gasteiger partial charge in [0.05, 0.1) is 10.0 Å². The Morgan fingerprint density at radius 2 is 1.84 bits per heavy atom. The fourth-order valence-electron chi connectivity index (χ4n) is 1.84. The second kappa shape index (κ2) is 10.9. The van der Waals surface area contributed by atoms with E-state index in [-0.39, 0.29) is 11.0 Å². The summed E-state index contributed by atoms with van der Waals surface area (Å²) in [6.07, 6.45) is 2.09. The molecule has 1 aromatic rings. The lowest BCUT2D eigenvalue weighted by Gasteiger charge is -2.27. The molecule has 0 aromatic heterocycles. The highest BCUT2D eigenvalue weighted by molar-refractivity contribution is 7.80. The summed E-state index contributed by atoms with van der Waals surface area (Å²) in [5, 5.41) is 9.25. The van der Waals surface area contributed by atoms with Gasteiger partial charge in [-0.15, -0.1) is 0 Å². The van der Waals surface area contributed by atoms with Crippen LogP contribution in [0, 0.1) is 0 Å². The maximum absolute atomic E-state index is 12.0. The van der Waals surface area contributed by atoms with Crippen LogP contribution >= 0.6 is 70.2 Å². The van der Waals surface area contributed by atoms with Gasteiger partial charge >= 0.3 is 0 Å². The van der Waals surface area contributed by atoms with Crippen LogP contribution in [0.5, 0.6) is 0 Å². The van der Waals surface area contributed by atoms with Crippen LogP contribution in [0.3, 0.4) is 0 Å². The average molecular weight is 466 g/mol. The topological polar surface area (TPSA) is 53.2 Å². The number of hydrogen-bond acceptors (Lipinski definition) is 2. The first kappa shape index (κ1) is 22.9. The molecule has 0 aliphatic rings. The van der Waals surface area contributed by atoms with E-state index in [4.69, 9.17) is 70.2 Å². The predicted molar refractivity (Wildman–Crippen MR) is 112 cm³/mol. The lowest BCUT2D eigenvalue weighted by Crippen LogP contribution is -2.56. The largest absolute Gasteiger partial charge is 0.339 e. The number of unbranched alkanes of at least 4 members (excludes halogenated alkanes) is 2.